The lowest BCUT2D eigenvalue weighted by Crippen LogP contribution is -2.48. The molecule has 0 radical (unpaired) electrons. The Hall–Kier alpha value is -2.74. The summed E-state index contributed by atoms with van der Waals surface area (Å²) in [5, 5.41) is 0. The van der Waals surface area contributed by atoms with Crippen LogP contribution in [0.3, 0.4) is 0 Å². The van der Waals surface area contributed by atoms with E-state index < -0.39 is 0 Å². The zero-order valence-electron chi connectivity index (χ0n) is 17.3. The highest BCUT2D eigenvalue weighted by molar-refractivity contribution is 5.94. The molecule has 2 fully saturated rings. The third kappa shape index (κ3) is 3.49. The zero-order valence-corrected chi connectivity index (χ0v) is 17.3. The van der Waals surface area contributed by atoms with Crippen molar-refractivity contribution in [3.8, 4) is 0 Å². The highest BCUT2D eigenvalue weighted by Crippen LogP contribution is 2.36. The van der Waals surface area contributed by atoms with Crippen molar-refractivity contribution >= 4 is 11.7 Å². The average molecular weight is 409 g/mol. The maximum Gasteiger partial charge on any atom is 0.263 e. The van der Waals surface area contributed by atoms with Gasteiger partial charge in [0.25, 0.3) is 11.5 Å². The summed E-state index contributed by atoms with van der Waals surface area (Å²) in [5.41, 5.74) is 1.16. The van der Waals surface area contributed by atoms with Crippen LogP contribution in [0.1, 0.15) is 40.6 Å². The summed E-state index contributed by atoms with van der Waals surface area (Å²) in [6, 6.07) is 5.67. The first-order valence-corrected chi connectivity index (χ1v) is 10.8. The molecule has 2 saturated heterocycles. The fraction of sp³-hybridized carbons (Fsp3) is 0.545. The van der Waals surface area contributed by atoms with Crippen molar-refractivity contribution < 1.29 is 9.53 Å². The monoisotopic (exact) mass is 409 g/mol. The Labute approximate surface area is 175 Å². The molecule has 2 aromatic heterocycles. The van der Waals surface area contributed by atoms with Crippen LogP contribution in [0.2, 0.25) is 0 Å². The molecule has 2 atom stereocenters. The molecule has 0 N–H and O–H groups in total. The fourth-order valence-corrected chi connectivity index (χ4v) is 5.04. The summed E-state index contributed by atoms with van der Waals surface area (Å²) in [5.74, 6) is 2.16. The summed E-state index contributed by atoms with van der Waals surface area (Å²) >= 11 is 0. The quantitative estimate of drug-likeness (QED) is 0.747. The number of amides is 1. The van der Waals surface area contributed by atoms with Gasteiger partial charge >= 0.3 is 0 Å². The first-order chi connectivity index (χ1) is 14.6. The lowest BCUT2D eigenvalue weighted by Gasteiger charge is -2.43. The van der Waals surface area contributed by atoms with Gasteiger partial charge in [0.1, 0.15) is 17.2 Å². The summed E-state index contributed by atoms with van der Waals surface area (Å²) < 4.78 is 7.29. The highest BCUT2D eigenvalue weighted by atomic mass is 16.5. The van der Waals surface area contributed by atoms with Crippen molar-refractivity contribution in [1.82, 2.24) is 19.4 Å². The number of nitrogens with zero attached hydrogens (tertiary/aromatic N) is 5. The molecule has 0 aromatic carbocycles. The molecule has 3 aliphatic rings. The third-order valence-electron chi connectivity index (χ3n) is 6.43. The van der Waals surface area contributed by atoms with Gasteiger partial charge in [-0.1, -0.05) is 0 Å². The molecule has 5 heterocycles. The van der Waals surface area contributed by atoms with E-state index in [1.165, 1.54) is 0 Å². The van der Waals surface area contributed by atoms with E-state index in [0.717, 1.165) is 43.3 Å². The van der Waals surface area contributed by atoms with Gasteiger partial charge in [-0.05, 0) is 43.9 Å². The van der Waals surface area contributed by atoms with Crippen molar-refractivity contribution in [2.45, 2.75) is 32.2 Å². The van der Waals surface area contributed by atoms with Crippen LogP contribution in [-0.2, 0) is 11.3 Å². The predicted octanol–water partition coefficient (Wildman–Crippen LogP) is 1.43. The Morgan fingerprint density at radius 2 is 2.03 bits per heavy atom. The van der Waals surface area contributed by atoms with Gasteiger partial charge in [-0.15, -0.1) is 0 Å². The number of hydrogen-bond acceptors (Lipinski definition) is 6. The van der Waals surface area contributed by atoms with E-state index in [1.807, 2.05) is 23.6 Å². The van der Waals surface area contributed by atoms with Gasteiger partial charge < -0.3 is 19.1 Å². The van der Waals surface area contributed by atoms with E-state index in [-0.39, 0.29) is 22.9 Å². The number of carbonyl (C=O) groups is 1. The number of aryl methyl sites for hydroxylation is 1. The average Bonchev–Trinajstić information content (AvgIpc) is 3.03. The van der Waals surface area contributed by atoms with Gasteiger partial charge in [0, 0.05) is 57.1 Å². The summed E-state index contributed by atoms with van der Waals surface area (Å²) in [6.07, 6.45) is 3.67. The van der Waals surface area contributed by atoms with E-state index in [2.05, 4.69) is 14.9 Å². The molecular formula is C22H27N5O3. The van der Waals surface area contributed by atoms with E-state index in [4.69, 9.17) is 4.74 Å². The van der Waals surface area contributed by atoms with Crippen molar-refractivity contribution in [3.05, 3.63) is 51.8 Å². The molecule has 8 nitrogen and oxygen atoms in total. The smallest absolute Gasteiger partial charge is 0.263 e. The molecule has 2 bridgehead atoms. The zero-order chi connectivity index (χ0) is 20.7. The summed E-state index contributed by atoms with van der Waals surface area (Å²) in [4.78, 5) is 39.1. The normalized spacial score (nSPS) is 23.6. The maximum absolute atomic E-state index is 13.3. The van der Waals surface area contributed by atoms with Gasteiger partial charge in [-0.3, -0.25) is 9.59 Å². The minimum absolute atomic E-state index is 0.149. The van der Waals surface area contributed by atoms with Gasteiger partial charge in [0.15, 0.2) is 0 Å². The second-order valence-corrected chi connectivity index (χ2v) is 8.51. The standard InChI is InChI=1S/C22H27N5O3/c1-15-23-6-5-20(24-15)26-12-16-11-17(14-26)19-4-3-18(22(29)27(19)13-16)21(28)25-7-2-9-30-10-8-25/h3-6,16-17H,2,7-14H2,1H3/t16-,17+/m0/s1. The van der Waals surface area contributed by atoms with E-state index in [0.29, 0.717) is 38.8 Å². The number of carbonyl (C=O) groups excluding carboxylic acids is 1. The maximum atomic E-state index is 13.3. The number of pyridine rings is 1. The van der Waals surface area contributed by atoms with Crippen molar-refractivity contribution in [1.29, 1.82) is 0 Å². The Balaban J connectivity index is 1.42. The van der Waals surface area contributed by atoms with Crippen molar-refractivity contribution in [2.24, 2.45) is 5.92 Å². The van der Waals surface area contributed by atoms with Gasteiger partial charge in [0.2, 0.25) is 0 Å². The van der Waals surface area contributed by atoms with E-state index in [9.17, 15) is 9.59 Å². The van der Waals surface area contributed by atoms with Crippen LogP contribution >= 0.6 is 0 Å². The molecule has 0 aliphatic carbocycles. The van der Waals surface area contributed by atoms with Gasteiger partial charge in [-0.2, -0.15) is 0 Å². The Kier molecular flexibility index (Phi) is 5.02. The SMILES string of the molecule is Cc1nccc(N2C[C@@H]3C[C@H](C2)c2ccc(C(=O)N4CCCOCC4)c(=O)n2C3)n1. The molecule has 158 valence electrons. The van der Waals surface area contributed by atoms with E-state index >= 15 is 0 Å². The minimum Gasteiger partial charge on any atom is -0.380 e. The number of rotatable bonds is 2. The van der Waals surface area contributed by atoms with Crippen LogP contribution in [0.5, 0.6) is 0 Å². The topological polar surface area (TPSA) is 80.6 Å². The number of hydrogen-bond donors (Lipinski definition) is 0. The number of ether oxygens (including phenoxy) is 1. The van der Waals surface area contributed by atoms with Crippen LogP contribution in [-0.4, -0.2) is 64.7 Å². The second kappa shape index (κ2) is 7.83. The molecule has 5 rings (SSSR count). The Morgan fingerprint density at radius 1 is 1.13 bits per heavy atom. The van der Waals surface area contributed by atoms with Crippen LogP contribution < -0.4 is 10.5 Å². The molecule has 0 spiro atoms. The summed E-state index contributed by atoms with van der Waals surface area (Å²) in [7, 11) is 0. The first-order valence-electron chi connectivity index (χ1n) is 10.8. The molecule has 0 saturated carbocycles. The lowest BCUT2D eigenvalue weighted by atomic mass is 9.83. The number of aromatic nitrogens is 3. The molecule has 3 aliphatic heterocycles. The molecule has 0 unspecified atom stereocenters. The molecular weight excluding hydrogens is 382 g/mol. The summed E-state index contributed by atoms with van der Waals surface area (Å²) in [6.45, 7) is 6.60. The van der Waals surface area contributed by atoms with Crippen LogP contribution in [0.25, 0.3) is 0 Å². The van der Waals surface area contributed by atoms with Gasteiger partial charge in [0.05, 0.1) is 6.61 Å². The first kappa shape index (κ1) is 19.2. The van der Waals surface area contributed by atoms with E-state index in [1.54, 1.807) is 17.2 Å². The predicted molar refractivity (Wildman–Crippen MR) is 112 cm³/mol. The Bertz CT molecular complexity index is 1010. The number of fused-ring (bicyclic) bond motifs is 4. The largest absolute Gasteiger partial charge is 0.380 e. The molecule has 2 aromatic rings. The van der Waals surface area contributed by atoms with Crippen LogP contribution in [0, 0.1) is 12.8 Å². The van der Waals surface area contributed by atoms with Crippen molar-refractivity contribution in [3.63, 3.8) is 0 Å². The van der Waals surface area contributed by atoms with Crippen molar-refractivity contribution in [2.75, 3.05) is 44.3 Å². The molecule has 8 heteroatoms. The minimum atomic E-state index is -0.172. The lowest BCUT2D eigenvalue weighted by molar-refractivity contribution is 0.0738. The molecule has 1 amide bonds. The van der Waals surface area contributed by atoms with Crippen LogP contribution in [0.4, 0.5) is 5.82 Å². The van der Waals surface area contributed by atoms with Gasteiger partial charge in [-0.25, -0.2) is 9.97 Å². The second-order valence-electron chi connectivity index (χ2n) is 8.51. The fourth-order valence-electron chi connectivity index (χ4n) is 5.04. The highest BCUT2D eigenvalue weighted by Gasteiger charge is 2.36. The number of anilines is 1. The van der Waals surface area contributed by atoms with Crippen LogP contribution in [0.15, 0.2) is 29.2 Å². The molecule has 30 heavy (non-hydrogen) atoms. The number of piperidine rings is 1. The third-order valence-corrected chi connectivity index (χ3v) is 6.43. The Morgan fingerprint density at radius 3 is 2.90 bits per heavy atom.